The van der Waals surface area contributed by atoms with E-state index < -0.39 is 18.6 Å². The molecule has 26 heavy (non-hydrogen) atoms. The summed E-state index contributed by atoms with van der Waals surface area (Å²) in [6, 6.07) is 19.9. The summed E-state index contributed by atoms with van der Waals surface area (Å²) in [5.74, 6) is 0. The molecular weight excluding hydrogens is 338 g/mol. The van der Waals surface area contributed by atoms with Gasteiger partial charge in [0, 0.05) is 18.6 Å². The second-order valence-corrected chi connectivity index (χ2v) is 10.8. The van der Waals surface area contributed by atoms with Gasteiger partial charge in [0.25, 0.3) is 6.43 Å². The molecule has 0 saturated carbocycles. The molecule has 2 aromatic rings. The van der Waals surface area contributed by atoms with Gasteiger partial charge in [-0.25, -0.2) is 0 Å². The first-order valence-corrected chi connectivity index (χ1v) is 10.4. The Hall–Kier alpha value is -1.73. The van der Waals surface area contributed by atoms with E-state index in [9.17, 15) is 9.59 Å². The van der Waals surface area contributed by atoms with Crippen LogP contribution in [0.4, 0.5) is 0 Å². The number of hydrogen-bond donors (Lipinski definition) is 0. The molecule has 0 amide bonds. The highest BCUT2D eigenvalue weighted by Crippen LogP contribution is 2.50. The summed E-state index contributed by atoms with van der Waals surface area (Å²) in [4.78, 5) is 26.9. The fourth-order valence-corrected chi connectivity index (χ4v) is 5.85. The minimum Gasteiger partial charge on any atom is -0.294 e. The van der Waals surface area contributed by atoms with E-state index in [4.69, 9.17) is 0 Å². The lowest BCUT2D eigenvalue weighted by Gasteiger charge is -2.33. The molecule has 2 rings (SSSR count). The lowest BCUT2D eigenvalue weighted by molar-refractivity contribution is -0.120. The second kappa shape index (κ2) is 7.88. The smallest absolute Gasteiger partial charge is 0.254 e. The zero-order valence-corrected chi connectivity index (χ0v) is 17.5. The average molecular weight is 366 g/mol. The monoisotopic (exact) mass is 366 g/mol. The topological polar surface area (TPSA) is 34.1 Å². The predicted octanol–water partition coefficient (Wildman–Crippen LogP) is 4.42. The summed E-state index contributed by atoms with van der Waals surface area (Å²) in [6.45, 7) is 11.5. The Kier molecular flexibility index (Phi) is 6.24. The molecule has 0 radical (unpaired) electrons. The minimum absolute atomic E-state index is 0.0603. The molecule has 0 N–H and O–H groups in total. The number of hydrogen-bond acceptors (Lipinski definition) is 2. The second-order valence-electron chi connectivity index (χ2n) is 8.70. The van der Waals surface area contributed by atoms with Gasteiger partial charge in [0.05, 0.1) is 0 Å². The standard InChI is InChI=1S/C22H28BO2P/c1-21(2,3)19(24)26(20(25)22(4,5)6)23(17-13-9-7-10-14-17)18-15-11-8-12-16-18/h7-16H,1-6H3. The average Bonchev–Trinajstić information content (AvgIpc) is 2.58. The van der Waals surface area contributed by atoms with Crippen molar-refractivity contribution in [2.45, 2.75) is 41.5 Å². The van der Waals surface area contributed by atoms with E-state index in [1.54, 1.807) is 0 Å². The summed E-state index contributed by atoms with van der Waals surface area (Å²) in [6.07, 6.45) is -0.217. The van der Waals surface area contributed by atoms with Gasteiger partial charge in [-0.05, 0) is 0 Å². The SMILES string of the molecule is CC(C)(C)C(=O)P(B(c1ccccc1)c1ccccc1)C(=O)C(C)(C)C. The fraction of sp³-hybridized carbons (Fsp3) is 0.364. The summed E-state index contributed by atoms with van der Waals surface area (Å²) >= 11 is 0. The van der Waals surface area contributed by atoms with Gasteiger partial charge >= 0.3 is 0 Å². The predicted molar refractivity (Wildman–Crippen MR) is 114 cm³/mol. The molecule has 0 aliphatic rings. The molecule has 0 aromatic heterocycles. The third-order valence-corrected chi connectivity index (χ3v) is 7.54. The summed E-state index contributed by atoms with van der Waals surface area (Å²) in [5, 5.41) is 0. The van der Waals surface area contributed by atoms with Crippen LogP contribution in [-0.4, -0.2) is 17.5 Å². The molecular formula is C22H28BO2P. The van der Waals surface area contributed by atoms with E-state index in [2.05, 4.69) is 0 Å². The molecule has 0 heterocycles. The number of benzene rings is 2. The molecule has 0 bridgehead atoms. The van der Waals surface area contributed by atoms with Crippen LogP contribution in [0.2, 0.25) is 0 Å². The van der Waals surface area contributed by atoms with Gasteiger partial charge in [-0.1, -0.05) is 113 Å². The van der Waals surface area contributed by atoms with Crippen LogP contribution in [-0.2, 0) is 9.59 Å². The highest BCUT2D eigenvalue weighted by atomic mass is 31.1. The molecule has 0 atom stereocenters. The third-order valence-electron chi connectivity index (χ3n) is 4.21. The molecule has 0 spiro atoms. The first-order valence-electron chi connectivity index (χ1n) is 9.01. The normalized spacial score (nSPS) is 12.1. The molecule has 0 aliphatic carbocycles. The Morgan fingerprint density at radius 1 is 0.654 bits per heavy atom. The van der Waals surface area contributed by atoms with Crippen molar-refractivity contribution >= 4 is 36.2 Å². The molecule has 4 heteroatoms. The first-order chi connectivity index (χ1) is 12.0. The summed E-state index contributed by atoms with van der Waals surface area (Å²) in [7, 11) is -1.55. The van der Waals surface area contributed by atoms with Crippen LogP contribution in [0.1, 0.15) is 41.5 Å². The van der Waals surface area contributed by atoms with Crippen molar-refractivity contribution in [3.63, 3.8) is 0 Å². The van der Waals surface area contributed by atoms with E-state index in [1.165, 1.54) is 0 Å². The van der Waals surface area contributed by atoms with Crippen LogP contribution in [0.25, 0.3) is 0 Å². The lowest BCUT2D eigenvalue weighted by atomic mass is 9.61. The molecule has 0 saturated heterocycles. The highest BCUT2D eigenvalue weighted by Gasteiger charge is 2.46. The van der Waals surface area contributed by atoms with Crippen LogP contribution < -0.4 is 10.9 Å². The van der Waals surface area contributed by atoms with Gasteiger partial charge in [-0.15, -0.1) is 0 Å². The van der Waals surface area contributed by atoms with E-state index >= 15 is 0 Å². The Morgan fingerprint density at radius 2 is 0.962 bits per heavy atom. The zero-order chi connectivity index (χ0) is 19.5. The van der Waals surface area contributed by atoms with Crippen molar-refractivity contribution in [2.24, 2.45) is 10.8 Å². The van der Waals surface area contributed by atoms with E-state index in [-0.39, 0.29) is 17.5 Å². The zero-order valence-electron chi connectivity index (χ0n) is 16.6. The maximum absolute atomic E-state index is 13.4. The Labute approximate surface area is 159 Å². The molecule has 2 aromatic carbocycles. The van der Waals surface area contributed by atoms with Crippen LogP contribution in [0.15, 0.2) is 60.7 Å². The lowest BCUT2D eigenvalue weighted by Crippen LogP contribution is -2.46. The van der Waals surface area contributed by atoms with Crippen molar-refractivity contribution in [2.75, 3.05) is 0 Å². The van der Waals surface area contributed by atoms with Crippen LogP contribution in [0, 0.1) is 10.8 Å². The molecule has 0 unspecified atom stereocenters. The van der Waals surface area contributed by atoms with Crippen molar-refractivity contribution in [3.05, 3.63) is 60.7 Å². The van der Waals surface area contributed by atoms with Gasteiger partial charge in [0.1, 0.15) is 0 Å². The summed E-state index contributed by atoms with van der Waals surface area (Å²) in [5.41, 5.74) is 1.05. The van der Waals surface area contributed by atoms with E-state index in [1.807, 2.05) is 102 Å². The fourth-order valence-electron chi connectivity index (χ4n) is 2.81. The van der Waals surface area contributed by atoms with Crippen molar-refractivity contribution in [3.8, 4) is 0 Å². The molecule has 0 fully saturated rings. The van der Waals surface area contributed by atoms with Crippen LogP contribution in [0.3, 0.4) is 0 Å². The van der Waals surface area contributed by atoms with Gasteiger partial charge in [-0.3, -0.25) is 9.59 Å². The maximum atomic E-state index is 13.4. The number of carbonyl (C=O) groups excluding carboxylic acids is 2. The Morgan fingerprint density at radius 3 is 1.23 bits per heavy atom. The van der Waals surface area contributed by atoms with Gasteiger partial charge in [0.15, 0.2) is 11.0 Å². The van der Waals surface area contributed by atoms with Gasteiger partial charge in [0.2, 0.25) is 0 Å². The van der Waals surface area contributed by atoms with E-state index in [0.29, 0.717) is 0 Å². The Bertz CT molecular complexity index is 693. The van der Waals surface area contributed by atoms with Gasteiger partial charge in [-0.2, -0.15) is 0 Å². The van der Waals surface area contributed by atoms with Crippen molar-refractivity contribution < 1.29 is 9.59 Å². The van der Waals surface area contributed by atoms with Crippen molar-refractivity contribution in [1.82, 2.24) is 0 Å². The largest absolute Gasteiger partial charge is 0.294 e. The number of rotatable bonds is 5. The Balaban J connectivity index is 2.69. The van der Waals surface area contributed by atoms with Crippen molar-refractivity contribution in [1.29, 1.82) is 0 Å². The molecule has 136 valence electrons. The van der Waals surface area contributed by atoms with Crippen LogP contribution in [0.5, 0.6) is 0 Å². The molecule has 0 aliphatic heterocycles. The third kappa shape index (κ3) is 4.71. The first kappa shape index (κ1) is 20.6. The minimum atomic E-state index is -1.55. The van der Waals surface area contributed by atoms with E-state index in [0.717, 1.165) is 10.9 Å². The summed E-state index contributed by atoms with van der Waals surface area (Å²) < 4.78 is 0. The highest BCUT2D eigenvalue weighted by molar-refractivity contribution is 8.15. The quantitative estimate of drug-likeness (QED) is 0.580. The van der Waals surface area contributed by atoms with Gasteiger partial charge < -0.3 is 0 Å². The maximum Gasteiger partial charge on any atom is 0.254 e. The number of carbonyl (C=O) groups is 2. The molecule has 2 nitrogen and oxygen atoms in total. The van der Waals surface area contributed by atoms with Crippen LogP contribution >= 0.6 is 7.80 Å².